The standard InChI is InChI=1S/C21H26N4O4/c1-16(21-22-20(23-29-21)19-4-3-14-28-19)25-11-9-24(10-12-25)13-15-27-18-7-5-17(26-2)6-8-18/h3-8,14,16H,9-13,15H2,1-2H3. The first-order valence-electron chi connectivity index (χ1n) is 9.83. The van der Waals surface area contributed by atoms with Crippen LogP contribution in [0.3, 0.4) is 0 Å². The molecular formula is C21H26N4O4. The third-order valence-electron chi connectivity index (χ3n) is 5.23. The van der Waals surface area contributed by atoms with Crippen molar-refractivity contribution in [2.24, 2.45) is 0 Å². The van der Waals surface area contributed by atoms with Gasteiger partial charge in [-0.1, -0.05) is 5.16 Å². The summed E-state index contributed by atoms with van der Waals surface area (Å²) in [4.78, 5) is 9.26. The molecule has 0 radical (unpaired) electrons. The Morgan fingerprint density at radius 1 is 1.07 bits per heavy atom. The van der Waals surface area contributed by atoms with Gasteiger partial charge in [-0.25, -0.2) is 0 Å². The summed E-state index contributed by atoms with van der Waals surface area (Å²) in [6, 6.07) is 11.4. The Balaban J connectivity index is 1.21. The van der Waals surface area contributed by atoms with Gasteiger partial charge >= 0.3 is 0 Å². The minimum absolute atomic E-state index is 0.0731. The van der Waals surface area contributed by atoms with Gasteiger partial charge in [0.2, 0.25) is 11.7 Å². The molecule has 3 aromatic rings. The van der Waals surface area contributed by atoms with Gasteiger partial charge in [-0.15, -0.1) is 0 Å². The van der Waals surface area contributed by atoms with Gasteiger partial charge in [-0.05, 0) is 43.3 Å². The molecule has 1 atom stereocenters. The Hall–Kier alpha value is -2.84. The van der Waals surface area contributed by atoms with E-state index in [9.17, 15) is 0 Å². The molecule has 8 nitrogen and oxygen atoms in total. The molecule has 1 saturated heterocycles. The van der Waals surface area contributed by atoms with Crippen molar-refractivity contribution < 1.29 is 18.4 Å². The van der Waals surface area contributed by atoms with Gasteiger partial charge in [0.15, 0.2) is 5.76 Å². The lowest BCUT2D eigenvalue weighted by Crippen LogP contribution is -2.48. The number of benzene rings is 1. The monoisotopic (exact) mass is 398 g/mol. The highest BCUT2D eigenvalue weighted by molar-refractivity contribution is 5.44. The van der Waals surface area contributed by atoms with Gasteiger partial charge in [0.05, 0.1) is 19.4 Å². The first-order valence-corrected chi connectivity index (χ1v) is 9.83. The van der Waals surface area contributed by atoms with Crippen LogP contribution in [0.25, 0.3) is 11.6 Å². The lowest BCUT2D eigenvalue weighted by molar-refractivity contribution is 0.0800. The predicted molar refractivity (Wildman–Crippen MR) is 107 cm³/mol. The van der Waals surface area contributed by atoms with Crippen LogP contribution >= 0.6 is 0 Å². The lowest BCUT2D eigenvalue weighted by atomic mass is 10.2. The van der Waals surface area contributed by atoms with Crippen LogP contribution < -0.4 is 9.47 Å². The number of furan rings is 1. The summed E-state index contributed by atoms with van der Waals surface area (Å²) in [6.07, 6.45) is 1.60. The van der Waals surface area contributed by atoms with E-state index in [1.54, 1.807) is 13.4 Å². The van der Waals surface area contributed by atoms with Crippen LogP contribution in [0.1, 0.15) is 18.9 Å². The molecule has 0 N–H and O–H groups in total. The highest BCUT2D eigenvalue weighted by Crippen LogP contribution is 2.23. The van der Waals surface area contributed by atoms with E-state index in [4.69, 9.17) is 18.4 Å². The van der Waals surface area contributed by atoms with E-state index in [1.807, 2.05) is 36.4 Å². The van der Waals surface area contributed by atoms with Crippen molar-refractivity contribution in [1.29, 1.82) is 0 Å². The molecule has 4 rings (SSSR count). The Bertz CT molecular complexity index is 870. The second-order valence-electron chi connectivity index (χ2n) is 7.01. The number of methoxy groups -OCH3 is 1. The van der Waals surface area contributed by atoms with Crippen LogP contribution in [0.2, 0.25) is 0 Å². The zero-order valence-electron chi connectivity index (χ0n) is 16.8. The molecule has 3 heterocycles. The summed E-state index contributed by atoms with van der Waals surface area (Å²) in [5.74, 6) is 3.43. The van der Waals surface area contributed by atoms with Crippen LogP contribution in [0.15, 0.2) is 51.6 Å². The van der Waals surface area contributed by atoms with Gasteiger partial charge in [0.25, 0.3) is 0 Å². The maximum Gasteiger partial charge on any atom is 0.244 e. The molecule has 8 heteroatoms. The van der Waals surface area contributed by atoms with Gasteiger partial charge in [-0.2, -0.15) is 4.98 Å². The van der Waals surface area contributed by atoms with E-state index in [1.165, 1.54) is 0 Å². The number of hydrogen-bond acceptors (Lipinski definition) is 8. The number of hydrogen-bond donors (Lipinski definition) is 0. The van der Waals surface area contributed by atoms with Crippen molar-refractivity contribution in [3.8, 4) is 23.1 Å². The zero-order chi connectivity index (χ0) is 20.1. The molecule has 0 aliphatic carbocycles. The van der Waals surface area contributed by atoms with Crippen molar-refractivity contribution in [2.45, 2.75) is 13.0 Å². The Morgan fingerprint density at radius 2 is 1.83 bits per heavy atom. The molecule has 0 saturated carbocycles. The van der Waals surface area contributed by atoms with E-state index in [-0.39, 0.29) is 6.04 Å². The average Bonchev–Trinajstić information content (AvgIpc) is 3.46. The molecule has 0 spiro atoms. The van der Waals surface area contributed by atoms with E-state index in [0.717, 1.165) is 44.2 Å². The van der Waals surface area contributed by atoms with Gasteiger partial charge in [0.1, 0.15) is 18.1 Å². The molecule has 29 heavy (non-hydrogen) atoms. The van der Waals surface area contributed by atoms with Crippen molar-refractivity contribution in [3.63, 3.8) is 0 Å². The second-order valence-corrected chi connectivity index (χ2v) is 7.01. The number of piperazine rings is 1. The SMILES string of the molecule is COc1ccc(OCCN2CCN(C(C)c3nc(-c4ccco4)no3)CC2)cc1. The van der Waals surface area contributed by atoms with Crippen LogP contribution in [-0.2, 0) is 0 Å². The summed E-state index contributed by atoms with van der Waals surface area (Å²) < 4.78 is 21.8. The largest absolute Gasteiger partial charge is 0.497 e. The average molecular weight is 398 g/mol. The molecule has 154 valence electrons. The second kappa shape index (κ2) is 9.11. The van der Waals surface area contributed by atoms with Gasteiger partial charge < -0.3 is 18.4 Å². The summed E-state index contributed by atoms with van der Waals surface area (Å²) in [5.41, 5.74) is 0. The first kappa shape index (κ1) is 19.5. The fraction of sp³-hybridized carbons (Fsp3) is 0.429. The number of ether oxygens (including phenoxy) is 2. The molecule has 1 aliphatic heterocycles. The van der Waals surface area contributed by atoms with Crippen LogP contribution in [-0.4, -0.2) is 66.4 Å². The highest BCUT2D eigenvalue weighted by Gasteiger charge is 2.26. The van der Waals surface area contributed by atoms with E-state index in [0.29, 0.717) is 24.1 Å². The van der Waals surface area contributed by atoms with Gasteiger partial charge in [0, 0.05) is 32.7 Å². The molecule has 1 unspecified atom stereocenters. The maximum atomic E-state index is 5.84. The molecule has 1 aromatic carbocycles. The number of nitrogens with zero attached hydrogens (tertiary/aromatic N) is 4. The zero-order valence-corrected chi connectivity index (χ0v) is 16.8. The van der Waals surface area contributed by atoms with Crippen molar-refractivity contribution >= 4 is 0 Å². The van der Waals surface area contributed by atoms with Crippen LogP contribution in [0, 0.1) is 0 Å². The maximum absolute atomic E-state index is 5.84. The fourth-order valence-corrected chi connectivity index (χ4v) is 3.41. The molecule has 0 bridgehead atoms. The molecule has 1 fully saturated rings. The summed E-state index contributed by atoms with van der Waals surface area (Å²) >= 11 is 0. The number of rotatable bonds is 8. The minimum Gasteiger partial charge on any atom is -0.497 e. The molecule has 1 aliphatic rings. The normalized spacial score (nSPS) is 16.6. The Morgan fingerprint density at radius 3 is 2.52 bits per heavy atom. The smallest absolute Gasteiger partial charge is 0.244 e. The molecule has 2 aromatic heterocycles. The fourth-order valence-electron chi connectivity index (χ4n) is 3.41. The van der Waals surface area contributed by atoms with E-state index in [2.05, 4.69) is 26.9 Å². The van der Waals surface area contributed by atoms with E-state index < -0.39 is 0 Å². The Labute approximate surface area is 170 Å². The first-order chi connectivity index (χ1) is 14.2. The third kappa shape index (κ3) is 4.78. The quantitative estimate of drug-likeness (QED) is 0.573. The minimum atomic E-state index is 0.0731. The van der Waals surface area contributed by atoms with Crippen molar-refractivity contribution in [2.75, 3.05) is 46.4 Å². The number of aromatic nitrogens is 2. The predicted octanol–water partition coefficient (Wildman–Crippen LogP) is 3.10. The van der Waals surface area contributed by atoms with Crippen LogP contribution in [0.4, 0.5) is 0 Å². The van der Waals surface area contributed by atoms with Gasteiger partial charge in [-0.3, -0.25) is 9.80 Å². The Kier molecular flexibility index (Phi) is 6.12. The highest BCUT2D eigenvalue weighted by atomic mass is 16.5. The van der Waals surface area contributed by atoms with Crippen LogP contribution in [0.5, 0.6) is 11.5 Å². The lowest BCUT2D eigenvalue weighted by Gasteiger charge is -2.36. The van der Waals surface area contributed by atoms with Crippen molar-refractivity contribution in [3.05, 3.63) is 48.6 Å². The summed E-state index contributed by atoms with van der Waals surface area (Å²) in [6.45, 7) is 7.52. The summed E-state index contributed by atoms with van der Waals surface area (Å²) in [5, 5.41) is 4.03. The topological polar surface area (TPSA) is 77.0 Å². The van der Waals surface area contributed by atoms with Crippen molar-refractivity contribution in [1.82, 2.24) is 19.9 Å². The molecular weight excluding hydrogens is 372 g/mol. The molecule has 0 amide bonds. The van der Waals surface area contributed by atoms with E-state index >= 15 is 0 Å². The third-order valence-corrected chi connectivity index (χ3v) is 5.23. The summed E-state index contributed by atoms with van der Waals surface area (Å²) in [7, 11) is 1.66.